The first-order chi connectivity index (χ1) is 8.76. The van der Waals surface area contributed by atoms with Crippen LogP contribution in [-0.2, 0) is 0 Å². The van der Waals surface area contributed by atoms with Gasteiger partial charge in [0.1, 0.15) is 24.2 Å². The fourth-order valence-corrected chi connectivity index (χ4v) is 1.40. The lowest BCUT2D eigenvalue weighted by Gasteiger charge is -2.13. The monoisotopic (exact) mass is 255 g/mol. The topological polar surface area (TPSA) is 71.0 Å². The van der Waals surface area contributed by atoms with Gasteiger partial charge in [-0.05, 0) is 37.2 Å². The van der Waals surface area contributed by atoms with Gasteiger partial charge in [0.25, 0.3) is 0 Å². The number of ether oxygens (including phenoxy) is 2. The van der Waals surface area contributed by atoms with Crippen molar-refractivity contribution in [2.75, 3.05) is 33.4 Å². The third-order valence-electron chi connectivity index (χ3n) is 2.39. The summed E-state index contributed by atoms with van der Waals surface area (Å²) >= 11 is 0. The van der Waals surface area contributed by atoms with Gasteiger partial charge in [0, 0.05) is 13.2 Å². The second kappa shape index (κ2) is 8.74. The Balaban J connectivity index is 2.18. The number of aliphatic hydroxyl groups excluding tert-OH is 2. The van der Waals surface area contributed by atoms with Crippen molar-refractivity contribution in [3.05, 3.63) is 24.3 Å². The summed E-state index contributed by atoms with van der Waals surface area (Å²) in [6.07, 6.45) is 0.122. The van der Waals surface area contributed by atoms with Gasteiger partial charge in [-0.3, -0.25) is 0 Å². The molecule has 0 bridgehead atoms. The number of benzene rings is 1. The average molecular weight is 255 g/mol. The van der Waals surface area contributed by atoms with Crippen LogP contribution in [0.15, 0.2) is 24.3 Å². The van der Waals surface area contributed by atoms with Gasteiger partial charge in [-0.1, -0.05) is 0 Å². The predicted octanol–water partition coefficient (Wildman–Crippen LogP) is 0.407. The van der Waals surface area contributed by atoms with Crippen LogP contribution in [0.5, 0.6) is 11.5 Å². The molecule has 3 N–H and O–H groups in total. The third-order valence-corrected chi connectivity index (χ3v) is 2.39. The van der Waals surface area contributed by atoms with Gasteiger partial charge in [0.05, 0.1) is 7.11 Å². The van der Waals surface area contributed by atoms with Gasteiger partial charge in [-0.15, -0.1) is 0 Å². The van der Waals surface area contributed by atoms with E-state index in [0.29, 0.717) is 25.3 Å². The Hall–Kier alpha value is -1.30. The molecule has 1 aromatic carbocycles. The molecule has 0 saturated heterocycles. The first-order valence-corrected chi connectivity index (χ1v) is 6.02. The molecule has 0 heterocycles. The minimum absolute atomic E-state index is 0.158. The molecule has 0 radical (unpaired) electrons. The number of nitrogens with one attached hydrogen (secondary N) is 1. The van der Waals surface area contributed by atoms with Gasteiger partial charge in [0.15, 0.2) is 0 Å². The maximum atomic E-state index is 9.64. The summed E-state index contributed by atoms with van der Waals surface area (Å²) in [5.74, 6) is 1.47. The number of hydrogen-bond acceptors (Lipinski definition) is 5. The highest BCUT2D eigenvalue weighted by molar-refractivity contribution is 5.31. The van der Waals surface area contributed by atoms with Crippen molar-refractivity contribution in [1.82, 2.24) is 5.32 Å². The van der Waals surface area contributed by atoms with Crippen molar-refractivity contribution in [3.63, 3.8) is 0 Å². The van der Waals surface area contributed by atoms with E-state index < -0.39 is 6.10 Å². The van der Waals surface area contributed by atoms with Crippen molar-refractivity contribution < 1.29 is 19.7 Å². The van der Waals surface area contributed by atoms with E-state index >= 15 is 0 Å². The van der Waals surface area contributed by atoms with E-state index in [-0.39, 0.29) is 13.2 Å². The van der Waals surface area contributed by atoms with Crippen LogP contribution >= 0.6 is 0 Å². The molecule has 0 fully saturated rings. The van der Waals surface area contributed by atoms with E-state index in [9.17, 15) is 5.11 Å². The first kappa shape index (κ1) is 14.8. The summed E-state index contributed by atoms with van der Waals surface area (Å²) in [7, 11) is 1.61. The average Bonchev–Trinajstić information content (AvgIpc) is 2.42. The Morgan fingerprint density at radius 1 is 1.22 bits per heavy atom. The molecule has 102 valence electrons. The lowest BCUT2D eigenvalue weighted by molar-refractivity contribution is 0.106. The maximum Gasteiger partial charge on any atom is 0.119 e. The molecule has 1 unspecified atom stereocenters. The highest BCUT2D eigenvalue weighted by Gasteiger charge is 2.04. The van der Waals surface area contributed by atoms with Crippen molar-refractivity contribution in [2.24, 2.45) is 0 Å². The van der Waals surface area contributed by atoms with Crippen LogP contribution in [0, 0.1) is 0 Å². The summed E-state index contributed by atoms with van der Waals surface area (Å²) in [5.41, 5.74) is 0. The lowest BCUT2D eigenvalue weighted by Crippen LogP contribution is -2.32. The highest BCUT2D eigenvalue weighted by Crippen LogP contribution is 2.16. The summed E-state index contributed by atoms with van der Waals surface area (Å²) in [4.78, 5) is 0. The standard InChI is InChI=1S/C13H21NO4/c1-17-12-3-5-13(6-4-12)18-10-11(16)9-14-7-2-8-15/h3-6,11,14-16H,2,7-10H2,1H3. The largest absolute Gasteiger partial charge is 0.497 e. The number of methoxy groups -OCH3 is 1. The van der Waals surface area contributed by atoms with E-state index in [2.05, 4.69) is 5.32 Å². The molecule has 1 rings (SSSR count). The highest BCUT2D eigenvalue weighted by atomic mass is 16.5. The van der Waals surface area contributed by atoms with Crippen LogP contribution in [0.25, 0.3) is 0 Å². The van der Waals surface area contributed by atoms with Crippen molar-refractivity contribution in [2.45, 2.75) is 12.5 Å². The fourth-order valence-electron chi connectivity index (χ4n) is 1.40. The fraction of sp³-hybridized carbons (Fsp3) is 0.538. The molecule has 5 heteroatoms. The Morgan fingerprint density at radius 3 is 2.50 bits per heavy atom. The first-order valence-electron chi connectivity index (χ1n) is 6.02. The smallest absolute Gasteiger partial charge is 0.119 e. The van der Waals surface area contributed by atoms with E-state index in [4.69, 9.17) is 14.6 Å². The van der Waals surface area contributed by atoms with Crippen LogP contribution in [0.2, 0.25) is 0 Å². The molecule has 0 aliphatic rings. The number of aliphatic hydroxyl groups is 2. The molecule has 1 aromatic rings. The molecule has 0 aromatic heterocycles. The summed E-state index contributed by atoms with van der Waals surface area (Å²) in [5, 5.41) is 21.3. The van der Waals surface area contributed by atoms with E-state index in [1.807, 2.05) is 0 Å². The van der Waals surface area contributed by atoms with Gasteiger partial charge in [0.2, 0.25) is 0 Å². The number of rotatable bonds is 9. The Bertz CT molecular complexity index is 315. The lowest BCUT2D eigenvalue weighted by atomic mass is 10.3. The molecule has 0 amide bonds. The normalized spacial score (nSPS) is 12.2. The number of hydrogen-bond donors (Lipinski definition) is 3. The van der Waals surface area contributed by atoms with Gasteiger partial charge >= 0.3 is 0 Å². The summed E-state index contributed by atoms with van der Waals surface area (Å²) < 4.78 is 10.5. The molecule has 0 saturated carbocycles. The molecule has 0 aliphatic carbocycles. The minimum atomic E-state index is -0.564. The second-order valence-electron chi connectivity index (χ2n) is 3.92. The third kappa shape index (κ3) is 5.86. The van der Waals surface area contributed by atoms with Crippen molar-refractivity contribution in [1.29, 1.82) is 0 Å². The molecule has 0 aliphatic heterocycles. The predicted molar refractivity (Wildman–Crippen MR) is 69.1 cm³/mol. The van der Waals surface area contributed by atoms with Crippen molar-refractivity contribution in [3.8, 4) is 11.5 Å². The summed E-state index contributed by atoms with van der Waals surface area (Å²) in [6.45, 7) is 1.54. The van der Waals surface area contributed by atoms with Crippen LogP contribution in [-0.4, -0.2) is 49.7 Å². The van der Waals surface area contributed by atoms with Gasteiger partial charge in [-0.25, -0.2) is 0 Å². The van der Waals surface area contributed by atoms with Crippen molar-refractivity contribution >= 4 is 0 Å². The van der Waals surface area contributed by atoms with Crippen LogP contribution in [0.4, 0.5) is 0 Å². The maximum absolute atomic E-state index is 9.64. The Kier molecular flexibility index (Phi) is 7.17. The molecule has 0 spiro atoms. The molecule has 5 nitrogen and oxygen atoms in total. The molecule has 1 atom stereocenters. The SMILES string of the molecule is COc1ccc(OCC(O)CNCCCO)cc1. The second-order valence-corrected chi connectivity index (χ2v) is 3.92. The minimum Gasteiger partial charge on any atom is -0.497 e. The Morgan fingerprint density at radius 2 is 1.89 bits per heavy atom. The van der Waals surface area contributed by atoms with Crippen LogP contribution in [0.1, 0.15) is 6.42 Å². The zero-order valence-electron chi connectivity index (χ0n) is 10.6. The Labute approximate surface area is 107 Å². The zero-order valence-corrected chi connectivity index (χ0v) is 10.6. The molecular formula is C13H21NO4. The quantitative estimate of drug-likeness (QED) is 0.557. The van der Waals surface area contributed by atoms with E-state index in [0.717, 1.165) is 5.75 Å². The van der Waals surface area contributed by atoms with Crippen LogP contribution < -0.4 is 14.8 Å². The van der Waals surface area contributed by atoms with Gasteiger partial charge < -0.3 is 25.0 Å². The van der Waals surface area contributed by atoms with Crippen LogP contribution in [0.3, 0.4) is 0 Å². The molecule has 18 heavy (non-hydrogen) atoms. The van der Waals surface area contributed by atoms with Gasteiger partial charge in [-0.2, -0.15) is 0 Å². The van der Waals surface area contributed by atoms with E-state index in [1.54, 1.807) is 31.4 Å². The molecular weight excluding hydrogens is 234 g/mol. The zero-order chi connectivity index (χ0) is 13.2. The van der Waals surface area contributed by atoms with E-state index in [1.165, 1.54) is 0 Å². The summed E-state index contributed by atoms with van der Waals surface area (Å²) in [6, 6.07) is 7.21.